The number of hydrogen-bond acceptors (Lipinski definition) is 3. The van der Waals surface area contributed by atoms with E-state index in [1.54, 1.807) is 6.07 Å². The van der Waals surface area contributed by atoms with Crippen LogP contribution >= 0.6 is 0 Å². The summed E-state index contributed by atoms with van der Waals surface area (Å²) in [7, 11) is 0. The summed E-state index contributed by atoms with van der Waals surface area (Å²) in [4.78, 5) is 3.94. The Morgan fingerprint density at radius 2 is 2.31 bits per heavy atom. The highest BCUT2D eigenvalue weighted by molar-refractivity contribution is 5.62. The van der Waals surface area contributed by atoms with Gasteiger partial charge in [0, 0.05) is 0 Å². The minimum Gasteiger partial charge on any atom is -0.392 e. The van der Waals surface area contributed by atoms with Gasteiger partial charge in [-0.05, 0) is 24.1 Å². The van der Waals surface area contributed by atoms with Crippen LogP contribution in [0.5, 0.6) is 0 Å². The minimum atomic E-state index is -0.00461. The van der Waals surface area contributed by atoms with Crippen LogP contribution in [0.15, 0.2) is 23.2 Å². The lowest BCUT2D eigenvalue weighted by Gasteiger charge is -2.01. The number of hydroxylamine groups is 1. The standard InChI is InChI=1S/C9H12N2O2/c1-7-2-3-8(5-12)4-9(7)10-6-11-13/h2-4,6,12-13H,5H2,1H3,(H,10,11). The van der Waals surface area contributed by atoms with Crippen molar-refractivity contribution in [1.29, 1.82) is 0 Å². The lowest BCUT2D eigenvalue weighted by molar-refractivity contribution is 0.240. The largest absolute Gasteiger partial charge is 0.392 e. The Bertz CT molecular complexity index is 310. The van der Waals surface area contributed by atoms with Gasteiger partial charge >= 0.3 is 0 Å². The summed E-state index contributed by atoms with van der Waals surface area (Å²) in [6, 6.07) is 5.47. The second kappa shape index (κ2) is 4.59. The topological polar surface area (TPSA) is 64.9 Å². The molecule has 4 nitrogen and oxygen atoms in total. The Morgan fingerprint density at radius 1 is 1.54 bits per heavy atom. The average Bonchev–Trinajstić information content (AvgIpc) is 2.17. The van der Waals surface area contributed by atoms with Crippen molar-refractivity contribution in [2.24, 2.45) is 4.99 Å². The zero-order chi connectivity index (χ0) is 9.68. The lowest BCUT2D eigenvalue weighted by Crippen LogP contribution is -2.01. The van der Waals surface area contributed by atoms with Crippen molar-refractivity contribution in [3.63, 3.8) is 0 Å². The molecule has 0 saturated carbocycles. The first kappa shape index (κ1) is 9.70. The van der Waals surface area contributed by atoms with Crippen molar-refractivity contribution < 1.29 is 10.3 Å². The van der Waals surface area contributed by atoms with Gasteiger partial charge in [-0.3, -0.25) is 10.7 Å². The predicted octanol–water partition coefficient (Wildman–Crippen LogP) is 1.13. The van der Waals surface area contributed by atoms with Gasteiger partial charge in [0.05, 0.1) is 12.3 Å². The molecule has 0 heterocycles. The van der Waals surface area contributed by atoms with E-state index in [0.29, 0.717) is 0 Å². The summed E-state index contributed by atoms with van der Waals surface area (Å²) < 4.78 is 0. The maximum absolute atomic E-state index is 8.86. The Kier molecular flexibility index (Phi) is 3.42. The fraction of sp³-hybridized carbons (Fsp3) is 0.222. The molecule has 0 unspecified atom stereocenters. The number of benzene rings is 1. The number of aliphatic hydroxyl groups excluding tert-OH is 1. The highest BCUT2D eigenvalue weighted by Crippen LogP contribution is 2.19. The lowest BCUT2D eigenvalue weighted by atomic mass is 10.1. The van der Waals surface area contributed by atoms with Crippen LogP contribution in [0.3, 0.4) is 0 Å². The highest BCUT2D eigenvalue weighted by Gasteiger charge is 1.96. The van der Waals surface area contributed by atoms with Gasteiger partial charge in [0.1, 0.15) is 6.34 Å². The second-order valence-corrected chi connectivity index (χ2v) is 2.67. The van der Waals surface area contributed by atoms with E-state index in [1.807, 2.05) is 24.5 Å². The van der Waals surface area contributed by atoms with Crippen LogP contribution in [0.4, 0.5) is 5.69 Å². The fourth-order valence-corrected chi connectivity index (χ4v) is 0.991. The monoisotopic (exact) mass is 180 g/mol. The van der Waals surface area contributed by atoms with Gasteiger partial charge in [0.15, 0.2) is 0 Å². The Labute approximate surface area is 76.5 Å². The number of aryl methyl sites for hydroxylation is 1. The number of nitrogens with one attached hydrogen (secondary N) is 1. The minimum absolute atomic E-state index is 0.00461. The van der Waals surface area contributed by atoms with Crippen molar-refractivity contribution in [1.82, 2.24) is 5.48 Å². The van der Waals surface area contributed by atoms with Gasteiger partial charge in [0.2, 0.25) is 0 Å². The van der Waals surface area contributed by atoms with Gasteiger partial charge in [-0.1, -0.05) is 12.1 Å². The van der Waals surface area contributed by atoms with Crippen LogP contribution in [-0.2, 0) is 6.61 Å². The number of hydrogen-bond donors (Lipinski definition) is 3. The molecule has 13 heavy (non-hydrogen) atoms. The third-order valence-corrected chi connectivity index (χ3v) is 1.72. The van der Waals surface area contributed by atoms with E-state index >= 15 is 0 Å². The fourth-order valence-electron chi connectivity index (χ4n) is 0.991. The van der Waals surface area contributed by atoms with E-state index in [1.165, 1.54) is 6.34 Å². The quantitative estimate of drug-likeness (QED) is 0.371. The smallest absolute Gasteiger partial charge is 0.113 e. The maximum Gasteiger partial charge on any atom is 0.113 e. The van der Waals surface area contributed by atoms with Crippen LogP contribution in [0.1, 0.15) is 11.1 Å². The van der Waals surface area contributed by atoms with E-state index in [4.69, 9.17) is 10.3 Å². The first-order valence-electron chi connectivity index (χ1n) is 3.90. The van der Waals surface area contributed by atoms with E-state index in [2.05, 4.69) is 4.99 Å². The molecular formula is C9H12N2O2. The molecular weight excluding hydrogens is 168 g/mol. The first-order valence-corrected chi connectivity index (χ1v) is 3.90. The Hall–Kier alpha value is -1.39. The molecule has 0 saturated heterocycles. The molecule has 3 N–H and O–H groups in total. The molecule has 0 amide bonds. The second-order valence-electron chi connectivity index (χ2n) is 2.67. The number of aliphatic imine (C=N–C) groups is 1. The van der Waals surface area contributed by atoms with E-state index in [0.717, 1.165) is 16.8 Å². The summed E-state index contributed by atoms with van der Waals surface area (Å²) in [6.07, 6.45) is 1.18. The van der Waals surface area contributed by atoms with Crippen molar-refractivity contribution in [3.05, 3.63) is 29.3 Å². The molecule has 70 valence electrons. The third kappa shape index (κ3) is 2.54. The Balaban J connectivity index is 2.97. The molecule has 0 aliphatic rings. The summed E-state index contributed by atoms with van der Waals surface area (Å²) >= 11 is 0. The van der Waals surface area contributed by atoms with E-state index < -0.39 is 0 Å². The summed E-state index contributed by atoms with van der Waals surface area (Å²) in [5.74, 6) is 0. The molecule has 4 heteroatoms. The molecule has 1 aromatic carbocycles. The predicted molar refractivity (Wildman–Crippen MR) is 50.2 cm³/mol. The van der Waals surface area contributed by atoms with Gasteiger partial charge in [-0.25, -0.2) is 4.99 Å². The molecule has 0 bridgehead atoms. The average molecular weight is 180 g/mol. The summed E-state index contributed by atoms with van der Waals surface area (Å²) in [5.41, 5.74) is 4.35. The van der Waals surface area contributed by atoms with Crippen molar-refractivity contribution in [2.75, 3.05) is 0 Å². The highest BCUT2D eigenvalue weighted by atomic mass is 16.5. The van der Waals surface area contributed by atoms with Gasteiger partial charge in [-0.15, -0.1) is 0 Å². The van der Waals surface area contributed by atoms with Crippen molar-refractivity contribution in [2.45, 2.75) is 13.5 Å². The number of aliphatic hydroxyl groups is 1. The van der Waals surface area contributed by atoms with E-state index in [-0.39, 0.29) is 6.61 Å². The molecule has 0 aliphatic heterocycles. The van der Waals surface area contributed by atoms with Gasteiger partial charge in [0.25, 0.3) is 0 Å². The van der Waals surface area contributed by atoms with Gasteiger partial charge < -0.3 is 5.11 Å². The molecule has 0 fully saturated rings. The zero-order valence-corrected chi connectivity index (χ0v) is 7.36. The summed E-state index contributed by atoms with van der Waals surface area (Å²) in [5, 5.41) is 17.2. The van der Waals surface area contributed by atoms with Crippen LogP contribution in [0.2, 0.25) is 0 Å². The first-order chi connectivity index (χ1) is 6.27. The van der Waals surface area contributed by atoms with Crippen LogP contribution in [0, 0.1) is 6.92 Å². The summed E-state index contributed by atoms with van der Waals surface area (Å²) in [6.45, 7) is 1.90. The maximum atomic E-state index is 8.86. The third-order valence-electron chi connectivity index (χ3n) is 1.72. The molecule has 0 spiro atoms. The molecule has 0 atom stereocenters. The van der Waals surface area contributed by atoms with Crippen LogP contribution in [0.25, 0.3) is 0 Å². The molecule has 0 aliphatic carbocycles. The number of nitrogens with zero attached hydrogens (tertiary/aromatic N) is 1. The Morgan fingerprint density at radius 3 is 2.92 bits per heavy atom. The molecule has 0 radical (unpaired) electrons. The van der Waals surface area contributed by atoms with Crippen molar-refractivity contribution >= 4 is 12.0 Å². The zero-order valence-electron chi connectivity index (χ0n) is 7.36. The SMILES string of the molecule is Cc1ccc(CO)cc1N=CNO. The number of rotatable bonds is 3. The molecule has 1 rings (SSSR count). The normalized spacial score (nSPS) is 10.7. The van der Waals surface area contributed by atoms with Crippen LogP contribution < -0.4 is 5.48 Å². The van der Waals surface area contributed by atoms with E-state index in [9.17, 15) is 0 Å². The molecule has 1 aromatic rings. The van der Waals surface area contributed by atoms with Crippen LogP contribution in [-0.4, -0.2) is 16.7 Å². The van der Waals surface area contributed by atoms with Gasteiger partial charge in [-0.2, -0.15) is 0 Å². The van der Waals surface area contributed by atoms with Crippen molar-refractivity contribution in [3.8, 4) is 0 Å². The molecule has 0 aromatic heterocycles.